The molecule has 0 aromatic heterocycles. The maximum Gasteiger partial charge on any atom is 0.330 e. The quantitative estimate of drug-likeness (QED) is 0.633. The van der Waals surface area contributed by atoms with Crippen molar-refractivity contribution in [3.8, 4) is 0 Å². The fraction of sp³-hybridized carbons (Fsp3) is 0.471. The van der Waals surface area contributed by atoms with Crippen LogP contribution in [0.1, 0.15) is 24.5 Å². The Morgan fingerprint density at radius 3 is 2.90 bits per heavy atom. The molecule has 4 nitrogen and oxygen atoms in total. The molecular weight excluding hydrogens is 268 g/mol. The van der Waals surface area contributed by atoms with Gasteiger partial charge in [0, 0.05) is 18.1 Å². The molecule has 1 aromatic rings. The zero-order chi connectivity index (χ0) is 14.7. The van der Waals surface area contributed by atoms with Gasteiger partial charge in [-0.15, -0.1) is 0 Å². The lowest BCUT2D eigenvalue weighted by molar-refractivity contribution is -0.181. The van der Waals surface area contributed by atoms with Gasteiger partial charge in [-0.05, 0) is 24.8 Å². The topological polar surface area (TPSA) is 44.8 Å². The molecule has 112 valence electrons. The normalized spacial score (nSPS) is 23.4. The maximum absolute atomic E-state index is 11.5. The van der Waals surface area contributed by atoms with E-state index in [1.807, 2.05) is 18.2 Å². The van der Waals surface area contributed by atoms with Crippen LogP contribution in [0.25, 0.3) is 0 Å². The fourth-order valence-electron chi connectivity index (χ4n) is 3.15. The number of esters is 1. The molecule has 0 amide bonds. The summed E-state index contributed by atoms with van der Waals surface area (Å²) in [6.07, 6.45) is 5.06. The van der Waals surface area contributed by atoms with Crippen LogP contribution in [0.5, 0.6) is 0 Å². The molecule has 3 rings (SSSR count). The van der Waals surface area contributed by atoms with E-state index < -0.39 is 5.79 Å². The average Bonchev–Trinajstić information content (AvgIpc) is 2.95. The van der Waals surface area contributed by atoms with Crippen molar-refractivity contribution in [2.24, 2.45) is 5.92 Å². The number of hydrogen-bond donors (Lipinski definition) is 0. The molecule has 1 saturated heterocycles. The van der Waals surface area contributed by atoms with Crippen molar-refractivity contribution in [3.05, 3.63) is 47.5 Å². The van der Waals surface area contributed by atoms with Crippen LogP contribution in [0, 0.1) is 5.92 Å². The van der Waals surface area contributed by atoms with E-state index in [4.69, 9.17) is 14.2 Å². The van der Waals surface area contributed by atoms with Gasteiger partial charge in [0.05, 0.1) is 19.8 Å². The van der Waals surface area contributed by atoms with Crippen LogP contribution < -0.4 is 0 Å². The smallest absolute Gasteiger partial charge is 0.330 e. The molecule has 1 aliphatic heterocycles. The van der Waals surface area contributed by atoms with Crippen LogP contribution in [0.2, 0.25) is 0 Å². The summed E-state index contributed by atoms with van der Waals surface area (Å²) < 4.78 is 16.8. The van der Waals surface area contributed by atoms with Crippen molar-refractivity contribution in [2.75, 3.05) is 19.8 Å². The van der Waals surface area contributed by atoms with Crippen LogP contribution in [0.15, 0.2) is 36.4 Å². The third-order valence-electron chi connectivity index (χ3n) is 3.99. The van der Waals surface area contributed by atoms with E-state index in [0.717, 1.165) is 18.4 Å². The van der Waals surface area contributed by atoms with E-state index in [0.29, 0.717) is 19.8 Å². The summed E-state index contributed by atoms with van der Waals surface area (Å²) in [7, 11) is 0. The summed E-state index contributed by atoms with van der Waals surface area (Å²) in [6.45, 7) is 3.43. The SMILES string of the molecule is CCOC(=O)/C=C/C1Cc2ccccc2C2(C1)OCCO2. The zero-order valence-electron chi connectivity index (χ0n) is 12.2. The zero-order valence-corrected chi connectivity index (χ0v) is 12.2. The number of allylic oxidation sites excluding steroid dienone is 1. The first-order chi connectivity index (χ1) is 10.2. The first-order valence-electron chi connectivity index (χ1n) is 7.45. The van der Waals surface area contributed by atoms with Gasteiger partial charge in [0.25, 0.3) is 0 Å². The second-order valence-corrected chi connectivity index (χ2v) is 5.39. The first kappa shape index (κ1) is 14.3. The van der Waals surface area contributed by atoms with Crippen LogP contribution in [-0.2, 0) is 31.2 Å². The second-order valence-electron chi connectivity index (χ2n) is 5.39. The Bertz CT molecular complexity index is 543. The van der Waals surface area contributed by atoms with Gasteiger partial charge in [0.2, 0.25) is 0 Å². The van der Waals surface area contributed by atoms with Gasteiger partial charge in [-0.25, -0.2) is 4.79 Å². The van der Waals surface area contributed by atoms with Crippen molar-refractivity contribution >= 4 is 5.97 Å². The van der Waals surface area contributed by atoms with Crippen molar-refractivity contribution in [3.63, 3.8) is 0 Å². The van der Waals surface area contributed by atoms with E-state index in [-0.39, 0.29) is 11.9 Å². The highest BCUT2D eigenvalue weighted by Crippen LogP contribution is 2.44. The van der Waals surface area contributed by atoms with E-state index in [1.54, 1.807) is 6.92 Å². The minimum atomic E-state index is -0.640. The number of carbonyl (C=O) groups excluding carboxylic acids is 1. The molecule has 1 atom stereocenters. The maximum atomic E-state index is 11.5. The Morgan fingerprint density at radius 1 is 1.38 bits per heavy atom. The highest BCUT2D eigenvalue weighted by atomic mass is 16.7. The van der Waals surface area contributed by atoms with Crippen molar-refractivity contribution in [1.82, 2.24) is 0 Å². The molecule has 21 heavy (non-hydrogen) atoms. The van der Waals surface area contributed by atoms with Gasteiger partial charge < -0.3 is 14.2 Å². The summed E-state index contributed by atoms with van der Waals surface area (Å²) in [5.74, 6) is -0.723. The van der Waals surface area contributed by atoms with E-state index in [1.165, 1.54) is 11.6 Å². The Hall–Kier alpha value is -1.65. The summed E-state index contributed by atoms with van der Waals surface area (Å²) in [4.78, 5) is 11.5. The summed E-state index contributed by atoms with van der Waals surface area (Å²) in [5.41, 5.74) is 2.35. The lowest BCUT2D eigenvalue weighted by Crippen LogP contribution is -2.35. The van der Waals surface area contributed by atoms with Gasteiger partial charge >= 0.3 is 5.97 Å². The molecule has 0 radical (unpaired) electrons. The largest absolute Gasteiger partial charge is 0.463 e. The highest BCUT2D eigenvalue weighted by molar-refractivity contribution is 5.81. The van der Waals surface area contributed by atoms with E-state index in [9.17, 15) is 4.79 Å². The van der Waals surface area contributed by atoms with Crippen LogP contribution in [-0.4, -0.2) is 25.8 Å². The fourth-order valence-corrected chi connectivity index (χ4v) is 3.15. The third-order valence-corrected chi connectivity index (χ3v) is 3.99. The van der Waals surface area contributed by atoms with Gasteiger partial charge in [0.1, 0.15) is 0 Å². The molecule has 2 aliphatic rings. The molecule has 4 heteroatoms. The number of fused-ring (bicyclic) bond motifs is 2. The van der Waals surface area contributed by atoms with Crippen LogP contribution in [0.3, 0.4) is 0 Å². The highest BCUT2D eigenvalue weighted by Gasteiger charge is 2.44. The number of ether oxygens (including phenoxy) is 3. The Labute approximate surface area is 124 Å². The number of rotatable bonds is 3. The third kappa shape index (κ3) is 2.87. The molecule has 0 N–H and O–H groups in total. The summed E-state index contributed by atoms with van der Waals surface area (Å²) in [5, 5.41) is 0. The lowest BCUT2D eigenvalue weighted by atomic mass is 9.79. The Morgan fingerprint density at radius 2 is 2.14 bits per heavy atom. The van der Waals surface area contributed by atoms with Gasteiger partial charge in [-0.1, -0.05) is 30.3 Å². The molecule has 0 saturated carbocycles. The molecule has 1 aromatic carbocycles. The molecule has 1 spiro atoms. The van der Waals surface area contributed by atoms with Crippen molar-refractivity contribution in [2.45, 2.75) is 25.6 Å². The number of carbonyl (C=O) groups is 1. The average molecular weight is 288 g/mol. The lowest BCUT2D eigenvalue weighted by Gasteiger charge is -2.37. The Kier molecular flexibility index (Phi) is 4.08. The minimum Gasteiger partial charge on any atom is -0.463 e. The second kappa shape index (κ2) is 6.00. The monoisotopic (exact) mass is 288 g/mol. The summed E-state index contributed by atoms with van der Waals surface area (Å²) in [6, 6.07) is 8.22. The molecule has 1 heterocycles. The predicted molar refractivity (Wildman–Crippen MR) is 77.6 cm³/mol. The van der Waals surface area contributed by atoms with Gasteiger partial charge in [-0.3, -0.25) is 0 Å². The minimum absolute atomic E-state index is 0.211. The molecular formula is C17H20O4. The number of hydrogen-bond acceptors (Lipinski definition) is 4. The molecule has 1 fully saturated rings. The van der Waals surface area contributed by atoms with Gasteiger partial charge in [0.15, 0.2) is 5.79 Å². The summed E-state index contributed by atoms with van der Waals surface area (Å²) >= 11 is 0. The van der Waals surface area contributed by atoms with E-state index >= 15 is 0 Å². The van der Waals surface area contributed by atoms with Crippen molar-refractivity contribution < 1.29 is 19.0 Å². The number of benzene rings is 1. The first-order valence-corrected chi connectivity index (χ1v) is 7.45. The molecule has 1 unspecified atom stereocenters. The van der Waals surface area contributed by atoms with E-state index in [2.05, 4.69) is 12.1 Å². The predicted octanol–water partition coefficient (Wildman–Crippen LogP) is 2.57. The standard InChI is InChI=1S/C17H20O4/c1-2-19-16(18)8-7-13-11-14-5-3-4-6-15(14)17(12-13)20-9-10-21-17/h3-8,13H,2,9-12H2,1H3/b8-7+. The van der Waals surface area contributed by atoms with Crippen molar-refractivity contribution in [1.29, 1.82) is 0 Å². The Balaban J connectivity index is 1.83. The van der Waals surface area contributed by atoms with Gasteiger partial charge in [-0.2, -0.15) is 0 Å². The van der Waals surface area contributed by atoms with Crippen LogP contribution in [0.4, 0.5) is 0 Å². The van der Waals surface area contributed by atoms with Crippen LogP contribution >= 0.6 is 0 Å². The molecule has 1 aliphatic carbocycles. The molecule has 0 bridgehead atoms.